The average Bonchev–Trinajstić information content (AvgIpc) is 2.98. The Labute approximate surface area is 143 Å². The van der Waals surface area contributed by atoms with E-state index in [4.69, 9.17) is 5.11 Å². The predicted octanol–water partition coefficient (Wildman–Crippen LogP) is 3.18. The van der Waals surface area contributed by atoms with Crippen LogP contribution in [0.2, 0.25) is 0 Å². The largest absolute Gasteiger partial charge is 0.480 e. The summed E-state index contributed by atoms with van der Waals surface area (Å²) in [5.41, 5.74) is 0.802. The van der Waals surface area contributed by atoms with Crippen molar-refractivity contribution in [1.82, 2.24) is 4.31 Å². The zero-order chi connectivity index (χ0) is 17.2. The quantitative estimate of drug-likeness (QED) is 0.732. The summed E-state index contributed by atoms with van der Waals surface area (Å²) in [6, 6.07) is 15.5. The van der Waals surface area contributed by atoms with Crippen LogP contribution in [0, 0.1) is 0 Å². The smallest absolute Gasteiger partial charge is 0.318 e. The van der Waals surface area contributed by atoms with Crippen LogP contribution in [0.15, 0.2) is 64.9 Å². The molecule has 0 bridgehead atoms. The first-order valence-corrected chi connectivity index (χ1v) is 9.52. The second kappa shape index (κ2) is 6.72. The second-order valence-electron chi connectivity index (χ2n) is 5.24. The van der Waals surface area contributed by atoms with Gasteiger partial charge in [-0.1, -0.05) is 36.4 Å². The molecule has 0 aliphatic heterocycles. The third-order valence-corrected chi connectivity index (χ3v) is 6.42. The van der Waals surface area contributed by atoms with Gasteiger partial charge in [0.15, 0.2) is 0 Å². The van der Waals surface area contributed by atoms with Gasteiger partial charge in [0.1, 0.15) is 6.54 Å². The second-order valence-corrected chi connectivity index (χ2v) is 8.09. The van der Waals surface area contributed by atoms with Crippen molar-refractivity contribution in [3.8, 4) is 0 Å². The molecule has 0 saturated heterocycles. The number of rotatable bonds is 6. The maximum Gasteiger partial charge on any atom is 0.318 e. The minimum absolute atomic E-state index is 0.0214. The van der Waals surface area contributed by atoms with Gasteiger partial charge in [-0.05, 0) is 34.5 Å². The lowest BCUT2D eigenvalue weighted by atomic mass is 10.2. The van der Waals surface area contributed by atoms with Crippen LogP contribution in [0.25, 0.3) is 10.1 Å². The highest BCUT2D eigenvalue weighted by atomic mass is 32.2. The molecular formula is C17H15NO4S2. The molecule has 0 unspecified atom stereocenters. The lowest BCUT2D eigenvalue weighted by molar-refractivity contribution is -0.137. The van der Waals surface area contributed by atoms with Crippen LogP contribution in [0.5, 0.6) is 0 Å². The van der Waals surface area contributed by atoms with Crippen molar-refractivity contribution in [2.24, 2.45) is 0 Å². The molecule has 0 amide bonds. The highest BCUT2D eigenvalue weighted by Crippen LogP contribution is 2.28. The first kappa shape index (κ1) is 16.6. The van der Waals surface area contributed by atoms with Crippen LogP contribution in [-0.4, -0.2) is 30.3 Å². The van der Waals surface area contributed by atoms with Crippen molar-refractivity contribution in [3.05, 3.63) is 65.5 Å². The van der Waals surface area contributed by atoms with E-state index in [9.17, 15) is 13.2 Å². The maximum absolute atomic E-state index is 12.8. The summed E-state index contributed by atoms with van der Waals surface area (Å²) in [7, 11) is -3.88. The molecule has 124 valence electrons. The fourth-order valence-electron chi connectivity index (χ4n) is 2.46. The molecule has 7 heteroatoms. The van der Waals surface area contributed by atoms with Crippen LogP contribution in [0.1, 0.15) is 5.56 Å². The van der Waals surface area contributed by atoms with Gasteiger partial charge in [-0.2, -0.15) is 4.31 Å². The van der Waals surface area contributed by atoms with E-state index >= 15 is 0 Å². The van der Waals surface area contributed by atoms with Gasteiger partial charge in [0.2, 0.25) is 10.0 Å². The van der Waals surface area contributed by atoms with Crippen LogP contribution >= 0.6 is 11.3 Å². The number of carbonyl (C=O) groups is 1. The Kier molecular flexibility index (Phi) is 4.66. The molecule has 0 spiro atoms. The van der Waals surface area contributed by atoms with Crippen LogP contribution in [0.3, 0.4) is 0 Å². The summed E-state index contributed by atoms with van der Waals surface area (Å²) in [6.07, 6.45) is 0. The fraction of sp³-hybridized carbons (Fsp3) is 0.118. The van der Waals surface area contributed by atoms with E-state index in [0.717, 1.165) is 20.0 Å². The summed E-state index contributed by atoms with van der Waals surface area (Å²) in [5.74, 6) is -1.19. The van der Waals surface area contributed by atoms with Gasteiger partial charge in [0.05, 0.1) is 4.90 Å². The molecule has 1 N–H and O–H groups in total. The third kappa shape index (κ3) is 3.33. The first-order valence-electron chi connectivity index (χ1n) is 7.20. The number of sulfonamides is 1. The minimum Gasteiger partial charge on any atom is -0.480 e. The van der Waals surface area contributed by atoms with Crippen molar-refractivity contribution in [2.45, 2.75) is 11.4 Å². The van der Waals surface area contributed by atoms with Gasteiger partial charge in [-0.25, -0.2) is 8.42 Å². The minimum atomic E-state index is -3.88. The van der Waals surface area contributed by atoms with E-state index in [-0.39, 0.29) is 11.4 Å². The molecule has 0 aliphatic rings. The third-order valence-electron chi connectivity index (χ3n) is 3.60. The molecule has 0 saturated carbocycles. The summed E-state index contributed by atoms with van der Waals surface area (Å²) in [6.45, 7) is -0.561. The summed E-state index contributed by atoms with van der Waals surface area (Å²) < 4.78 is 27.6. The van der Waals surface area contributed by atoms with Gasteiger partial charge in [-0.15, -0.1) is 11.3 Å². The Hall–Kier alpha value is -2.22. The van der Waals surface area contributed by atoms with Crippen molar-refractivity contribution in [1.29, 1.82) is 0 Å². The van der Waals surface area contributed by atoms with Gasteiger partial charge >= 0.3 is 5.97 Å². The number of carboxylic acids is 1. The number of carboxylic acid groups (broad SMARTS) is 1. The molecule has 3 aromatic rings. The lowest BCUT2D eigenvalue weighted by Crippen LogP contribution is -2.35. The van der Waals surface area contributed by atoms with Crippen LogP contribution < -0.4 is 0 Å². The van der Waals surface area contributed by atoms with Crippen molar-refractivity contribution < 1.29 is 18.3 Å². The topological polar surface area (TPSA) is 74.7 Å². The number of benzene rings is 2. The predicted molar refractivity (Wildman–Crippen MR) is 93.5 cm³/mol. The number of nitrogens with zero attached hydrogens (tertiary/aromatic N) is 1. The molecule has 5 nitrogen and oxygen atoms in total. The maximum atomic E-state index is 12.8. The molecule has 2 aromatic carbocycles. The lowest BCUT2D eigenvalue weighted by Gasteiger charge is -2.20. The van der Waals surface area contributed by atoms with E-state index in [1.807, 2.05) is 29.6 Å². The molecule has 0 atom stereocenters. The zero-order valence-corrected chi connectivity index (χ0v) is 14.3. The van der Waals surface area contributed by atoms with Crippen LogP contribution in [-0.2, 0) is 21.4 Å². The van der Waals surface area contributed by atoms with Crippen LogP contribution in [0.4, 0.5) is 0 Å². The van der Waals surface area contributed by atoms with E-state index in [2.05, 4.69) is 0 Å². The first-order chi connectivity index (χ1) is 11.5. The molecule has 0 fully saturated rings. The van der Waals surface area contributed by atoms with E-state index in [1.165, 1.54) is 23.5 Å². The highest BCUT2D eigenvalue weighted by Gasteiger charge is 2.27. The highest BCUT2D eigenvalue weighted by molar-refractivity contribution is 7.89. The average molecular weight is 361 g/mol. The van der Waals surface area contributed by atoms with E-state index in [1.54, 1.807) is 18.2 Å². The Morgan fingerprint density at radius 3 is 2.42 bits per heavy atom. The zero-order valence-electron chi connectivity index (χ0n) is 12.6. The van der Waals surface area contributed by atoms with Gasteiger partial charge in [0.25, 0.3) is 0 Å². The molecule has 24 heavy (non-hydrogen) atoms. The monoisotopic (exact) mass is 361 g/mol. The Morgan fingerprint density at radius 2 is 1.71 bits per heavy atom. The van der Waals surface area contributed by atoms with Crippen molar-refractivity contribution >= 4 is 37.4 Å². The summed E-state index contributed by atoms with van der Waals surface area (Å²) >= 11 is 1.51. The number of hydrogen-bond donors (Lipinski definition) is 1. The Bertz CT molecular complexity index is 964. The molecule has 3 rings (SSSR count). The Morgan fingerprint density at radius 1 is 1.04 bits per heavy atom. The number of hydrogen-bond acceptors (Lipinski definition) is 4. The number of aliphatic carboxylic acids is 1. The Balaban J connectivity index is 2.00. The molecule has 1 heterocycles. The number of fused-ring (bicyclic) bond motifs is 1. The number of thiophene rings is 1. The summed E-state index contributed by atoms with van der Waals surface area (Å²) in [4.78, 5) is 11.3. The summed E-state index contributed by atoms with van der Waals surface area (Å²) in [5, 5.41) is 12.0. The van der Waals surface area contributed by atoms with Gasteiger partial charge in [-0.3, -0.25) is 4.79 Å². The van der Waals surface area contributed by atoms with Gasteiger partial charge < -0.3 is 5.11 Å². The normalized spacial score (nSPS) is 11.9. The SMILES string of the molecule is O=C(O)CN(Cc1csc2ccccc12)S(=O)(=O)c1ccccc1. The molecule has 0 aliphatic carbocycles. The van der Waals surface area contributed by atoms with E-state index < -0.39 is 22.5 Å². The molecular weight excluding hydrogens is 346 g/mol. The fourth-order valence-corrected chi connectivity index (χ4v) is 4.81. The van der Waals surface area contributed by atoms with E-state index in [0.29, 0.717) is 0 Å². The van der Waals surface area contributed by atoms with Crippen molar-refractivity contribution in [3.63, 3.8) is 0 Å². The molecule has 0 radical (unpaired) electrons. The van der Waals surface area contributed by atoms with Gasteiger partial charge in [0, 0.05) is 11.2 Å². The standard InChI is InChI=1S/C17H15NO4S2/c19-17(20)11-18(24(21,22)14-6-2-1-3-7-14)10-13-12-23-16-9-5-4-8-15(13)16/h1-9,12H,10-11H2,(H,19,20). The van der Waals surface area contributed by atoms with Crippen molar-refractivity contribution in [2.75, 3.05) is 6.54 Å². The molecule has 1 aromatic heterocycles.